The van der Waals surface area contributed by atoms with Gasteiger partial charge in [0.2, 0.25) is 0 Å². The first-order valence-electron chi connectivity index (χ1n) is 30.7. The molecule has 4 amide bonds. The summed E-state index contributed by atoms with van der Waals surface area (Å²) in [5.74, 6) is -0.546. The van der Waals surface area contributed by atoms with Gasteiger partial charge in [0.05, 0.1) is 17.1 Å². The monoisotopic (exact) mass is 1190 g/mol. The van der Waals surface area contributed by atoms with Gasteiger partial charge < -0.3 is 39.8 Å². The highest BCUT2D eigenvalue weighted by molar-refractivity contribution is 6.13. The minimum absolute atomic E-state index is 0.0652. The number of carboxylic acid groups (broad SMARTS) is 1. The van der Waals surface area contributed by atoms with Crippen LogP contribution in [0.15, 0.2) is 134 Å². The summed E-state index contributed by atoms with van der Waals surface area (Å²) >= 11 is 0. The summed E-state index contributed by atoms with van der Waals surface area (Å²) in [7, 11) is 0. The summed E-state index contributed by atoms with van der Waals surface area (Å²) in [6.07, 6.45) is 11.0. The van der Waals surface area contributed by atoms with Gasteiger partial charge in [-0.25, -0.2) is 19.0 Å². The lowest BCUT2D eigenvalue weighted by molar-refractivity contribution is -0.0369. The molecule has 20 heteroatoms. The van der Waals surface area contributed by atoms with Crippen molar-refractivity contribution in [2.75, 3.05) is 69.7 Å². The average Bonchev–Trinajstić information content (AvgIpc) is 2.13. The molecule has 4 aromatic carbocycles. The Morgan fingerprint density at radius 2 is 1.00 bits per heavy atom. The second-order valence-electron chi connectivity index (χ2n) is 25.3. The number of benzene rings is 4. The van der Waals surface area contributed by atoms with Crippen LogP contribution in [-0.2, 0) is 27.3 Å². The molecular formula is C68H80N12O8. The highest BCUT2D eigenvalue weighted by atomic mass is 16.6. The van der Waals surface area contributed by atoms with Gasteiger partial charge in [-0.15, -0.1) is 0 Å². The summed E-state index contributed by atoms with van der Waals surface area (Å²) in [6.45, 7) is 19.7. The maximum absolute atomic E-state index is 13.5. The topological polar surface area (TPSA) is 215 Å². The average molecular weight is 1190 g/mol. The number of ether oxygens (including phenoxy) is 3. The predicted octanol–water partition coefficient (Wildman–Crippen LogP) is 12.4. The van der Waals surface area contributed by atoms with Crippen molar-refractivity contribution >= 4 is 57.2 Å². The van der Waals surface area contributed by atoms with Gasteiger partial charge in [0, 0.05) is 119 Å². The Morgan fingerprint density at radius 3 is 1.42 bits per heavy atom. The molecule has 3 atom stereocenters. The first kappa shape index (κ1) is 61.1. The normalized spacial score (nSPS) is 18.8. The lowest BCUT2D eigenvalue weighted by atomic mass is 9.84. The van der Waals surface area contributed by atoms with E-state index >= 15 is 0 Å². The molecule has 12 rings (SSSR count). The van der Waals surface area contributed by atoms with E-state index in [1.54, 1.807) is 58.9 Å². The van der Waals surface area contributed by atoms with E-state index in [0.717, 1.165) is 109 Å². The zero-order chi connectivity index (χ0) is 61.5. The summed E-state index contributed by atoms with van der Waals surface area (Å²) < 4.78 is 21.3. The van der Waals surface area contributed by atoms with Crippen LogP contribution in [-0.4, -0.2) is 149 Å². The minimum atomic E-state index is -0.847. The molecule has 0 aliphatic carbocycles. The number of nitrogens with zero attached hydrogens (tertiary/aromatic N) is 10. The van der Waals surface area contributed by atoms with Crippen LogP contribution in [0.3, 0.4) is 0 Å². The number of amides is 4. The Morgan fingerprint density at radius 1 is 0.557 bits per heavy atom. The fraction of sp³-hybridized carbons (Fsp3) is 0.412. The number of nitrogens with one attached hydrogen (secondary N) is 2. The molecule has 3 unspecified atom stereocenters. The number of fused-ring (bicyclic) bond motifs is 2. The fourth-order valence-electron chi connectivity index (χ4n) is 12.0. The molecule has 0 saturated carbocycles. The fourth-order valence-corrected chi connectivity index (χ4v) is 12.0. The molecule has 20 nitrogen and oxygen atoms in total. The van der Waals surface area contributed by atoms with Gasteiger partial charge in [-0.2, -0.15) is 10.2 Å². The van der Waals surface area contributed by atoms with Crippen molar-refractivity contribution in [2.24, 2.45) is 5.41 Å². The number of aromatic nitrogens is 6. The lowest BCUT2D eigenvalue weighted by Gasteiger charge is -2.46. The van der Waals surface area contributed by atoms with Crippen LogP contribution < -0.4 is 10.6 Å². The van der Waals surface area contributed by atoms with Gasteiger partial charge >= 0.3 is 12.2 Å². The second kappa shape index (κ2) is 26.8. The summed E-state index contributed by atoms with van der Waals surface area (Å²) in [5.41, 5.74) is 9.66. The zero-order valence-corrected chi connectivity index (χ0v) is 51.2. The molecule has 0 bridgehead atoms. The lowest BCUT2D eigenvalue weighted by Crippen LogP contribution is -2.59. The first-order chi connectivity index (χ1) is 42.4. The second-order valence-corrected chi connectivity index (χ2v) is 25.3. The first-order valence-corrected chi connectivity index (χ1v) is 30.7. The molecule has 8 heterocycles. The number of carbonyl (C=O) groups is 4. The van der Waals surface area contributed by atoms with Gasteiger partial charge in [-0.05, 0) is 147 Å². The number of hydrogen-bond acceptors (Lipinski definition) is 13. The molecule has 4 aromatic heterocycles. The maximum atomic E-state index is 13.5. The Bertz CT molecular complexity index is 3710. The van der Waals surface area contributed by atoms with E-state index in [-0.39, 0.29) is 41.8 Å². The smallest absolute Gasteiger partial charge is 0.410 e. The maximum Gasteiger partial charge on any atom is 0.410 e. The molecular weight excluding hydrogens is 1110 g/mol. The molecule has 0 radical (unpaired) electrons. The molecule has 88 heavy (non-hydrogen) atoms. The molecule has 0 spiro atoms. The van der Waals surface area contributed by atoms with Crippen LogP contribution >= 0.6 is 0 Å². The predicted molar refractivity (Wildman–Crippen MR) is 339 cm³/mol. The number of carbonyl (C=O) groups excluding carboxylic acids is 3. The van der Waals surface area contributed by atoms with E-state index in [4.69, 9.17) is 24.4 Å². The molecule has 460 valence electrons. The SMILES string of the molecule is CC(C)(C)C1CN(Cc2ccc(-c3ccc4c(c3)c(C(=O)Nc3ccncc3)nn4C3CCCCO3)cc2)CCN1C(=O)O.CC(C)(C)OC(=O)N1CCN(Cc2ccc(-c3ccc4c(c3)c(C(=O)Nc3ccncc3)nn4C3CCCCO3)cc2)CC1. The molecule has 4 fully saturated rings. The summed E-state index contributed by atoms with van der Waals surface area (Å²) in [6, 6.07) is 36.3. The summed E-state index contributed by atoms with van der Waals surface area (Å²) in [4.78, 5) is 67.3. The van der Waals surface area contributed by atoms with Crippen LogP contribution in [0.5, 0.6) is 0 Å². The largest absolute Gasteiger partial charge is 0.465 e. The van der Waals surface area contributed by atoms with E-state index < -0.39 is 11.7 Å². The standard InChI is InChI=1S/2C34H40N6O4/c1-34(2,3)44-33(42)39-19-17-38(18-20-39)23-24-7-9-25(10-8-24)26-11-12-29-28(22-26)31(32(41)36-27-13-15-35-16-14-27)37-40(29)30-6-4-5-21-43-30;1-34(2,3)29-22-38(17-18-39(29)33(42)43)21-23-7-9-24(10-8-23)25-11-12-28-27(20-25)31(32(41)36-26-13-15-35-16-14-26)37-40(28)30-6-4-5-19-44-30/h7-16,22,30H,4-6,17-21,23H2,1-3H3,(H,35,36,41);7-16,20,29-30H,4-6,17-19,21-22H2,1-3H3,(H,42,43)(H,35,36,41). The van der Waals surface area contributed by atoms with E-state index in [0.29, 0.717) is 68.7 Å². The van der Waals surface area contributed by atoms with E-state index in [2.05, 4.69) is 112 Å². The number of hydrogen-bond donors (Lipinski definition) is 3. The number of piperazine rings is 2. The molecule has 4 aliphatic rings. The van der Waals surface area contributed by atoms with Crippen molar-refractivity contribution in [1.29, 1.82) is 0 Å². The van der Waals surface area contributed by atoms with E-state index in [1.165, 1.54) is 11.1 Å². The van der Waals surface area contributed by atoms with E-state index in [9.17, 15) is 24.3 Å². The van der Waals surface area contributed by atoms with Crippen LogP contribution in [0.1, 0.15) is 125 Å². The van der Waals surface area contributed by atoms with Crippen molar-refractivity contribution < 1.29 is 38.5 Å². The molecule has 4 aliphatic heterocycles. The highest BCUT2D eigenvalue weighted by Gasteiger charge is 2.38. The Hall–Kier alpha value is -8.56. The van der Waals surface area contributed by atoms with E-state index in [1.807, 2.05) is 54.4 Å². The van der Waals surface area contributed by atoms with Crippen molar-refractivity contribution in [2.45, 2.75) is 117 Å². The van der Waals surface area contributed by atoms with Crippen LogP contribution in [0.25, 0.3) is 44.1 Å². The van der Waals surface area contributed by atoms with Gasteiger partial charge in [-0.1, -0.05) is 81.4 Å². The third-order valence-corrected chi connectivity index (χ3v) is 16.7. The number of anilines is 2. The molecule has 4 saturated heterocycles. The molecule has 8 aromatic rings. The third-order valence-electron chi connectivity index (χ3n) is 16.7. The van der Waals surface area contributed by atoms with Gasteiger partial charge in [0.1, 0.15) is 5.60 Å². The van der Waals surface area contributed by atoms with Crippen LogP contribution in [0.2, 0.25) is 0 Å². The quantitative estimate of drug-likeness (QED) is 0.104. The minimum Gasteiger partial charge on any atom is -0.465 e. The Labute approximate surface area is 513 Å². The van der Waals surface area contributed by atoms with Crippen molar-refractivity contribution in [3.05, 3.63) is 156 Å². The van der Waals surface area contributed by atoms with Crippen molar-refractivity contribution in [3.63, 3.8) is 0 Å². The van der Waals surface area contributed by atoms with Crippen molar-refractivity contribution in [1.82, 2.24) is 49.1 Å². The van der Waals surface area contributed by atoms with Crippen molar-refractivity contribution in [3.8, 4) is 22.3 Å². The summed E-state index contributed by atoms with van der Waals surface area (Å²) in [5, 5.41) is 26.8. The van der Waals surface area contributed by atoms with Crippen LogP contribution in [0.4, 0.5) is 21.0 Å². The zero-order valence-electron chi connectivity index (χ0n) is 51.2. The number of rotatable bonds is 12. The Kier molecular flexibility index (Phi) is 18.6. The van der Waals surface area contributed by atoms with Gasteiger partial charge in [0.15, 0.2) is 23.8 Å². The van der Waals surface area contributed by atoms with Gasteiger partial charge in [-0.3, -0.25) is 29.4 Å². The third kappa shape index (κ3) is 14.7. The highest BCUT2D eigenvalue weighted by Crippen LogP contribution is 2.35. The van der Waals surface area contributed by atoms with Crippen LogP contribution in [0, 0.1) is 5.41 Å². The Balaban J connectivity index is 0.000000182. The molecule has 3 N–H and O–H groups in total. The number of pyridine rings is 2. The van der Waals surface area contributed by atoms with Gasteiger partial charge in [0.25, 0.3) is 11.8 Å².